The molecule has 0 atom stereocenters. The maximum atomic E-state index is 11.8. The van der Waals surface area contributed by atoms with Gasteiger partial charge >= 0.3 is 0 Å². The minimum Gasteiger partial charge on any atom is -0.352 e. The van der Waals surface area contributed by atoms with Crippen LogP contribution in [0.2, 0.25) is 0 Å². The molecule has 1 fully saturated rings. The van der Waals surface area contributed by atoms with Crippen LogP contribution in [0.15, 0.2) is 6.33 Å². The highest BCUT2D eigenvalue weighted by Crippen LogP contribution is 2.16. The molecule has 1 heterocycles. The van der Waals surface area contributed by atoms with E-state index >= 15 is 0 Å². The van der Waals surface area contributed by atoms with E-state index in [0.29, 0.717) is 12.6 Å². The molecule has 1 aliphatic rings. The molecule has 6 nitrogen and oxygen atoms in total. The van der Waals surface area contributed by atoms with Crippen LogP contribution in [0.4, 0.5) is 0 Å². The quantitative estimate of drug-likeness (QED) is 0.596. The van der Waals surface area contributed by atoms with Crippen molar-refractivity contribution in [3.05, 3.63) is 12.2 Å². The van der Waals surface area contributed by atoms with Gasteiger partial charge < -0.3 is 10.6 Å². The Hall–Kier alpha value is -1.43. The highest BCUT2D eigenvalue weighted by atomic mass is 16.1. The molecule has 1 amide bonds. The number of aryl methyl sites for hydroxylation is 1. The van der Waals surface area contributed by atoms with Gasteiger partial charge in [0.15, 0.2) is 5.82 Å². The first-order chi connectivity index (χ1) is 9.74. The van der Waals surface area contributed by atoms with E-state index in [1.54, 1.807) is 11.0 Å². The topological polar surface area (TPSA) is 71.8 Å². The number of carbonyl (C=O) groups excluding carboxylic acids is 1. The van der Waals surface area contributed by atoms with Crippen LogP contribution in [0.25, 0.3) is 0 Å². The maximum Gasteiger partial charge on any atom is 0.234 e. The number of hydrogen-bond acceptors (Lipinski definition) is 4. The van der Waals surface area contributed by atoms with Gasteiger partial charge in [-0.1, -0.05) is 25.7 Å². The van der Waals surface area contributed by atoms with E-state index in [1.807, 2.05) is 7.05 Å². The lowest BCUT2D eigenvalue weighted by Gasteiger charge is -2.16. The molecule has 0 aromatic carbocycles. The number of nitrogens with one attached hydrogen (secondary N) is 2. The van der Waals surface area contributed by atoms with Crippen molar-refractivity contribution in [2.75, 3.05) is 13.1 Å². The zero-order chi connectivity index (χ0) is 14.2. The Kier molecular flexibility index (Phi) is 5.98. The van der Waals surface area contributed by atoms with E-state index in [4.69, 9.17) is 0 Å². The van der Waals surface area contributed by atoms with Crippen molar-refractivity contribution in [2.24, 2.45) is 7.05 Å². The smallest absolute Gasteiger partial charge is 0.234 e. The van der Waals surface area contributed by atoms with Crippen LogP contribution in [0.3, 0.4) is 0 Å². The minimum atomic E-state index is 0.103. The molecule has 0 saturated heterocycles. The van der Waals surface area contributed by atoms with Crippen molar-refractivity contribution >= 4 is 5.91 Å². The van der Waals surface area contributed by atoms with Crippen LogP contribution < -0.4 is 10.6 Å². The Bertz CT molecular complexity index is 409. The molecule has 0 unspecified atom stereocenters. The number of amides is 1. The molecule has 2 N–H and O–H groups in total. The van der Waals surface area contributed by atoms with Gasteiger partial charge in [0, 0.05) is 26.1 Å². The molecular weight excluding hydrogens is 254 g/mol. The highest BCUT2D eigenvalue weighted by molar-refractivity contribution is 5.78. The summed E-state index contributed by atoms with van der Waals surface area (Å²) in [6.45, 7) is 1.10. The van der Waals surface area contributed by atoms with Crippen LogP contribution in [0.1, 0.15) is 44.3 Å². The molecule has 1 aromatic heterocycles. The lowest BCUT2D eigenvalue weighted by Crippen LogP contribution is -2.40. The summed E-state index contributed by atoms with van der Waals surface area (Å²) in [4.78, 5) is 16.0. The summed E-state index contributed by atoms with van der Waals surface area (Å²) in [5, 5.41) is 10.5. The molecular formula is C14H25N5O. The fourth-order valence-corrected chi connectivity index (χ4v) is 2.60. The highest BCUT2D eigenvalue weighted by Gasteiger charge is 2.14. The van der Waals surface area contributed by atoms with Crippen molar-refractivity contribution in [2.45, 2.75) is 51.0 Å². The Morgan fingerprint density at radius 1 is 1.35 bits per heavy atom. The van der Waals surface area contributed by atoms with E-state index < -0.39 is 0 Å². The molecule has 0 spiro atoms. The second kappa shape index (κ2) is 7.99. The van der Waals surface area contributed by atoms with Gasteiger partial charge in [0.1, 0.15) is 6.33 Å². The third kappa shape index (κ3) is 5.28. The third-order valence-corrected chi connectivity index (χ3v) is 3.68. The Balaban J connectivity index is 1.57. The summed E-state index contributed by atoms with van der Waals surface area (Å²) in [6, 6.07) is 0.379. The van der Waals surface area contributed by atoms with Crippen LogP contribution in [-0.2, 0) is 18.3 Å². The van der Waals surface area contributed by atoms with Gasteiger partial charge in [0.05, 0.1) is 6.54 Å². The van der Waals surface area contributed by atoms with Crippen LogP contribution >= 0.6 is 0 Å². The number of carbonyl (C=O) groups is 1. The SMILES string of the molecule is Cn1cnc(CCNCC(=O)NC2CCCCCC2)n1. The van der Waals surface area contributed by atoms with E-state index in [0.717, 1.165) is 31.6 Å². The van der Waals surface area contributed by atoms with E-state index in [-0.39, 0.29) is 5.91 Å². The summed E-state index contributed by atoms with van der Waals surface area (Å²) in [5.41, 5.74) is 0. The molecule has 0 radical (unpaired) electrons. The molecule has 112 valence electrons. The van der Waals surface area contributed by atoms with Crippen LogP contribution in [-0.4, -0.2) is 39.8 Å². The monoisotopic (exact) mass is 279 g/mol. The van der Waals surface area contributed by atoms with Crippen molar-refractivity contribution < 1.29 is 4.79 Å². The Morgan fingerprint density at radius 2 is 2.10 bits per heavy atom. The summed E-state index contributed by atoms with van der Waals surface area (Å²) in [5.74, 6) is 0.912. The minimum absolute atomic E-state index is 0.103. The first kappa shape index (κ1) is 15.0. The molecule has 1 saturated carbocycles. The second-order valence-electron chi connectivity index (χ2n) is 5.52. The summed E-state index contributed by atoms with van der Waals surface area (Å²) in [6.07, 6.45) is 9.79. The maximum absolute atomic E-state index is 11.8. The van der Waals surface area contributed by atoms with Crippen LogP contribution in [0.5, 0.6) is 0 Å². The van der Waals surface area contributed by atoms with Crippen molar-refractivity contribution in [1.29, 1.82) is 0 Å². The van der Waals surface area contributed by atoms with E-state index in [9.17, 15) is 4.79 Å². The summed E-state index contributed by atoms with van der Waals surface area (Å²) >= 11 is 0. The fraction of sp³-hybridized carbons (Fsp3) is 0.786. The molecule has 20 heavy (non-hydrogen) atoms. The van der Waals surface area contributed by atoms with Gasteiger partial charge in [-0.05, 0) is 12.8 Å². The Morgan fingerprint density at radius 3 is 2.75 bits per heavy atom. The van der Waals surface area contributed by atoms with Gasteiger partial charge in [0.2, 0.25) is 5.91 Å². The van der Waals surface area contributed by atoms with Gasteiger partial charge in [-0.25, -0.2) is 4.98 Å². The standard InChI is InChI=1S/C14H25N5O/c1-19-11-16-13(18-19)8-9-15-10-14(20)17-12-6-4-2-3-5-7-12/h11-12,15H,2-10H2,1H3,(H,17,20). The number of aromatic nitrogens is 3. The zero-order valence-corrected chi connectivity index (χ0v) is 12.3. The van der Waals surface area contributed by atoms with E-state index in [1.165, 1.54) is 25.7 Å². The molecule has 0 bridgehead atoms. The number of hydrogen-bond donors (Lipinski definition) is 2. The first-order valence-corrected chi connectivity index (χ1v) is 7.58. The van der Waals surface area contributed by atoms with E-state index in [2.05, 4.69) is 20.7 Å². The summed E-state index contributed by atoms with van der Waals surface area (Å²) < 4.78 is 1.69. The van der Waals surface area contributed by atoms with Gasteiger partial charge in [0.25, 0.3) is 0 Å². The van der Waals surface area contributed by atoms with Crippen molar-refractivity contribution in [3.63, 3.8) is 0 Å². The lowest BCUT2D eigenvalue weighted by molar-refractivity contribution is -0.121. The second-order valence-corrected chi connectivity index (χ2v) is 5.52. The Labute approximate surface area is 120 Å². The molecule has 6 heteroatoms. The number of nitrogens with zero attached hydrogens (tertiary/aromatic N) is 3. The van der Waals surface area contributed by atoms with Gasteiger partial charge in [-0.15, -0.1) is 0 Å². The predicted molar refractivity (Wildman–Crippen MR) is 77.2 cm³/mol. The van der Waals surface area contributed by atoms with Crippen molar-refractivity contribution in [3.8, 4) is 0 Å². The average Bonchev–Trinajstić information content (AvgIpc) is 2.68. The molecule has 2 rings (SSSR count). The lowest BCUT2D eigenvalue weighted by atomic mass is 10.1. The summed E-state index contributed by atoms with van der Waals surface area (Å²) in [7, 11) is 1.85. The van der Waals surface area contributed by atoms with Crippen LogP contribution in [0, 0.1) is 0 Å². The first-order valence-electron chi connectivity index (χ1n) is 7.58. The zero-order valence-electron chi connectivity index (χ0n) is 12.3. The molecule has 0 aliphatic heterocycles. The molecule has 1 aliphatic carbocycles. The van der Waals surface area contributed by atoms with Gasteiger partial charge in [-0.2, -0.15) is 5.10 Å². The molecule has 1 aromatic rings. The fourth-order valence-electron chi connectivity index (χ4n) is 2.60. The van der Waals surface area contributed by atoms with Crippen molar-refractivity contribution in [1.82, 2.24) is 25.4 Å². The predicted octanol–water partition coefficient (Wildman–Crippen LogP) is 0.786. The van der Waals surface area contributed by atoms with Gasteiger partial charge in [-0.3, -0.25) is 9.48 Å². The largest absolute Gasteiger partial charge is 0.352 e. The third-order valence-electron chi connectivity index (χ3n) is 3.68. The normalized spacial score (nSPS) is 16.9. The average molecular weight is 279 g/mol. The number of rotatable bonds is 6.